The number of hydrogen-bond acceptors (Lipinski definition) is 1. The van der Waals surface area contributed by atoms with Gasteiger partial charge < -0.3 is 0 Å². The molecule has 0 radical (unpaired) electrons. The van der Waals surface area contributed by atoms with Gasteiger partial charge in [0.05, 0.1) is 0 Å². The summed E-state index contributed by atoms with van der Waals surface area (Å²) < 4.78 is 25.6. The van der Waals surface area contributed by atoms with Crippen molar-refractivity contribution in [3.8, 4) is 0 Å². The molecule has 1 aromatic rings. The summed E-state index contributed by atoms with van der Waals surface area (Å²) in [4.78, 5) is 0. The fraction of sp³-hybridized carbons (Fsp3) is 0.500. The maximum atomic E-state index is 12.1. The lowest BCUT2D eigenvalue weighted by molar-refractivity contribution is 0.0533. The lowest BCUT2D eigenvalue weighted by Gasteiger charge is -2.01. The van der Waals surface area contributed by atoms with E-state index in [1.807, 2.05) is 29.5 Å². The zero-order chi connectivity index (χ0) is 8.43. The van der Waals surface area contributed by atoms with E-state index >= 15 is 0 Å². The van der Waals surface area contributed by atoms with Gasteiger partial charge >= 0.3 is 6.55 Å². The number of alkyl halides is 2. The van der Waals surface area contributed by atoms with Crippen molar-refractivity contribution in [2.24, 2.45) is 0 Å². The molecule has 1 heterocycles. The van der Waals surface area contributed by atoms with Gasteiger partial charge in [-0.2, -0.15) is 13.9 Å². The van der Waals surface area contributed by atoms with Crippen molar-refractivity contribution in [1.82, 2.24) is 9.78 Å². The Morgan fingerprint density at radius 2 is 2.36 bits per heavy atom. The highest BCUT2D eigenvalue weighted by Crippen LogP contribution is 2.15. The van der Waals surface area contributed by atoms with Crippen LogP contribution in [0.25, 0.3) is 0 Å². The second kappa shape index (κ2) is 3.46. The molecule has 0 aliphatic rings. The molecule has 0 N–H and O–H groups in total. The van der Waals surface area contributed by atoms with Crippen LogP contribution in [0.2, 0.25) is 0 Å². The first kappa shape index (κ1) is 8.89. The largest absolute Gasteiger partial charge is 0.333 e. The van der Waals surface area contributed by atoms with Crippen LogP contribution >= 0.6 is 22.6 Å². The molecular formula is C6H7F2IN2. The fourth-order valence-electron chi connectivity index (χ4n) is 0.833. The monoisotopic (exact) mass is 272 g/mol. The van der Waals surface area contributed by atoms with E-state index in [0.717, 1.165) is 4.68 Å². The molecule has 0 aliphatic carbocycles. The Morgan fingerprint density at radius 3 is 2.73 bits per heavy atom. The Labute approximate surface area is 76.7 Å². The van der Waals surface area contributed by atoms with E-state index in [1.54, 1.807) is 6.07 Å². The van der Waals surface area contributed by atoms with Gasteiger partial charge in [-0.3, -0.25) is 0 Å². The van der Waals surface area contributed by atoms with Crippen LogP contribution in [-0.4, -0.2) is 9.78 Å². The minimum Gasteiger partial charge on any atom is -0.207 e. The minimum absolute atomic E-state index is 0.574. The Hall–Kier alpha value is -0.200. The molecule has 0 fully saturated rings. The molecule has 1 aromatic heterocycles. The van der Waals surface area contributed by atoms with E-state index in [2.05, 4.69) is 5.10 Å². The van der Waals surface area contributed by atoms with Crippen LogP contribution in [0.1, 0.15) is 19.2 Å². The van der Waals surface area contributed by atoms with Crippen molar-refractivity contribution < 1.29 is 8.78 Å². The normalized spacial score (nSPS) is 11.0. The van der Waals surface area contributed by atoms with E-state index in [-0.39, 0.29) is 0 Å². The van der Waals surface area contributed by atoms with Crippen LogP contribution in [0.5, 0.6) is 0 Å². The molecule has 2 nitrogen and oxygen atoms in total. The van der Waals surface area contributed by atoms with Gasteiger partial charge in [-0.15, -0.1) is 0 Å². The first-order valence-corrected chi connectivity index (χ1v) is 4.25. The SMILES string of the molecule is CCc1cc(I)nn1C(F)F. The molecule has 0 aliphatic heterocycles. The third-order valence-corrected chi connectivity index (χ3v) is 1.86. The van der Waals surface area contributed by atoms with Crippen LogP contribution in [0.3, 0.4) is 0 Å². The summed E-state index contributed by atoms with van der Waals surface area (Å²) in [6.45, 7) is -0.695. The highest BCUT2D eigenvalue weighted by molar-refractivity contribution is 14.1. The summed E-state index contributed by atoms with van der Waals surface area (Å²) in [5, 5.41) is 3.63. The maximum absolute atomic E-state index is 12.1. The molecule has 0 unspecified atom stereocenters. The number of aromatic nitrogens is 2. The van der Waals surface area contributed by atoms with Gasteiger partial charge in [-0.25, -0.2) is 4.68 Å². The van der Waals surface area contributed by atoms with Crippen LogP contribution < -0.4 is 0 Å². The Morgan fingerprint density at radius 1 is 1.73 bits per heavy atom. The Kier molecular flexibility index (Phi) is 2.80. The summed E-state index contributed by atoms with van der Waals surface area (Å²) in [6, 6.07) is 1.66. The van der Waals surface area contributed by atoms with Crippen molar-refractivity contribution in [3.63, 3.8) is 0 Å². The quantitative estimate of drug-likeness (QED) is 0.756. The number of halogens is 3. The van der Waals surface area contributed by atoms with Crippen molar-refractivity contribution in [2.75, 3.05) is 0 Å². The lowest BCUT2D eigenvalue weighted by Crippen LogP contribution is -2.04. The summed E-state index contributed by atoms with van der Waals surface area (Å²) in [5.74, 6) is 0. The van der Waals surface area contributed by atoms with Gasteiger partial charge in [0.2, 0.25) is 0 Å². The van der Waals surface area contributed by atoms with Gasteiger partial charge in [0.15, 0.2) is 0 Å². The molecule has 11 heavy (non-hydrogen) atoms. The lowest BCUT2D eigenvalue weighted by atomic mass is 10.3. The molecule has 1 rings (SSSR count). The first-order chi connectivity index (χ1) is 5.15. The van der Waals surface area contributed by atoms with Crippen molar-refractivity contribution in [2.45, 2.75) is 19.9 Å². The number of aryl methyl sites for hydroxylation is 1. The van der Waals surface area contributed by atoms with Gasteiger partial charge in [0, 0.05) is 5.69 Å². The summed E-state index contributed by atoms with van der Waals surface area (Å²) in [7, 11) is 0. The third kappa shape index (κ3) is 1.88. The van der Waals surface area contributed by atoms with Crippen molar-refractivity contribution in [3.05, 3.63) is 15.5 Å². The van der Waals surface area contributed by atoms with E-state index in [1.165, 1.54) is 0 Å². The summed E-state index contributed by atoms with van der Waals surface area (Å²) in [6.07, 6.45) is 0.584. The molecule has 0 saturated heterocycles. The average Bonchev–Trinajstić information content (AvgIpc) is 2.30. The number of rotatable bonds is 2. The van der Waals surface area contributed by atoms with Gasteiger partial charge in [-0.05, 0) is 35.1 Å². The zero-order valence-corrected chi connectivity index (χ0v) is 8.05. The molecule has 5 heteroatoms. The van der Waals surface area contributed by atoms with E-state index in [4.69, 9.17) is 0 Å². The zero-order valence-electron chi connectivity index (χ0n) is 5.89. The second-order valence-electron chi connectivity index (χ2n) is 2.03. The van der Waals surface area contributed by atoms with Crippen molar-refractivity contribution >= 4 is 22.6 Å². The van der Waals surface area contributed by atoms with Gasteiger partial charge in [0.25, 0.3) is 0 Å². The molecule has 0 bridgehead atoms. The van der Waals surface area contributed by atoms with Crippen molar-refractivity contribution in [1.29, 1.82) is 0 Å². The van der Waals surface area contributed by atoms with Crippen LogP contribution in [0.4, 0.5) is 8.78 Å². The van der Waals surface area contributed by atoms with Crippen LogP contribution in [0, 0.1) is 3.70 Å². The number of nitrogens with zero attached hydrogens (tertiary/aromatic N) is 2. The fourth-order valence-corrected chi connectivity index (χ4v) is 1.42. The molecule has 0 atom stereocenters. The molecule has 0 aromatic carbocycles. The predicted octanol–water partition coefficient (Wildman–Crippen LogP) is 2.45. The molecule has 0 saturated carbocycles. The molecule has 0 amide bonds. The van der Waals surface area contributed by atoms with Gasteiger partial charge in [-0.1, -0.05) is 6.92 Å². The van der Waals surface area contributed by atoms with E-state index < -0.39 is 6.55 Å². The smallest absolute Gasteiger partial charge is 0.207 e. The van der Waals surface area contributed by atoms with E-state index in [9.17, 15) is 8.78 Å². The van der Waals surface area contributed by atoms with Crippen LogP contribution in [0.15, 0.2) is 6.07 Å². The minimum atomic E-state index is -2.52. The van der Waals surface area contributed by atoms with E-state index in [0.29, 0.717) is 15.8 Å². The standard InChI is InChI=1S/C6H7F2IN2/c1-2-4-3-5(9)10-11(4)6(7)8/h3,6H,2H2,1H3. The Balaban J connectivity index is 3.02. The molecule has 0 spiro atoms. The summed E-state index contributed by atoms with van der Waals surface area (Å²) >= 11 is 1.92. The van der Waals surface area contributed by atoms with Gasteiger partial charge in [0.1, 0.15) is 3.70 Å². The average molecular weight is 272 g/mol. The third-order valence-electron chi connectivity index (χ3n) is 1.33. The van der Waals surface area contributed by atoms with Crippen LogP contribution in [-0.2, 0) is 6.42 Å². The highest BCUT2D eigenvalue weighted by Gasteiger charge is 2.11. The highest BCUT2D eigenvalue weighted by atomic mass is 127. The molecular weight excluding hydrogens is 265 g/mol. The maximum Gasteiger partial charge on any atom is 0.333 e. The number of hydrogen-bond donors (Lipinski definition) is 0. The second-order valence-corrected chi connectivity index (χ2v) is 3.14. The molecule has 62 valence electrons. The topological polar surface area (TPSA) is 17.8 Å². The summed E-state index contributed by atoms with van der Waals surface area (Å²) in [5.41, 5.74) is 0.574. The predicted molar refractivity (Wildman–Crippen MR) is 45.6 cm³/mol. The Bertz CT molecular complexity index is 247. The first-order valence-electron chi connectivity index (χ1n) is 3.17.